The summed E-state index contributed by atoms with van der Waals surface area (Å²) in [5, 5.41) is 18.9. The average molecular weight is 528 g/mol. The number of benzene rings is 3. The minimum atomic E-state index is -1.01. The van der Waals surface area contributed by atoms with Crippen LogP contribution in [0, 0.1) is 11.3 Å². The minimum absolute atomic E-state index is 0.162. The molecule has 38 heavy (non-hydrogen) atoms. The summed E-state index contributed by atoms with van der Waals surface area (Å²) in [6, 6.07) is 21.0. The first kappa shape index (κ1) is 26.5. The van der Waals surface area contributed by atoms with E-state index in [4.69, 9.17) is 14.6 Å². The highest BCUT2D eigenvalue weighted by Gasteiger charge is 2.32. The van der Waals surface area contributed by atoms with Crippen LogP contribution in [0.1, 0.15) is 40.9 Å². The molecule has 1 aliphatic rings. The van der Waals surface area contributed by atoms with E-state index in [1.54, 1.807) is 35.2 Å². The molecule has 192 valence electrons. The molecule has 4 rings (SSSR count). The van der Waals surface area contributed by atoms with Crippen molar-refractivity contribution < 1.29 is 24.2 Å². The molecule has 3 aromatic carbocycles. The van der Waals surface area contributed by atoms with Crippen molar-refractivity contribution >= 4 is 40.6 Å². The lowest BCUT2D eigenvalue weighted by atomic mass is 10.1. The van der Waals surface area contributed by atoms with Crippen molar-refractivity contribution in [2.75, 3.05) is 13.2 Å². The highest BCUT2D eigenvalue weighted by molar-refractivity contribution is 8.18. The Balaban J connectivity index is 1.56. The molecular formula is C29H25N3O5S. The van der Waals surface area contributed by atoms with Gasteiger partial charge in [0.1, 0.15) is 6.61 Å². The van der Waals surface area contributed by atoms with E-state index in [0.29, 0.717) is 46.0 Å². The van der Waals surface area contributed by atoms with E-state index in [-0.39, 0.29) is 18.1 Å². The fourth-order valence-electron chi connectivity index (χ4n) is 3.72. The zero-order valence-electron chi connectivity index (χ0n) is 20.9. The molecule has 1 fully saturated rings. The number of nitriles is 1. The standard InChI is InChI=1S/C29H25N3O5S/c1-3-32-27(33)26(38-29(32)31-23-12-10-20(11-13-23)28(34)35)16-19-9-14-24(25(15-19)36-4-2)37-18-22-8-6-5-7-21(22)17-30/h5-16H,3-4,18H2,1-2H3,(H,34,35). The Hall–Kier alpha value is -4.55. The molecule has 0 unspecified atom stereocenters. The zero-order chi connectivity index (χ0) is 27.1. The third-order valence-electron chi connectivity index (χ3n) is 5.63. The number of hydrogen-bond donors (Lipinski definition) is 1. The van der Waals surface area contributed by atoms with Crippen LogP contribution in [0.25, 0.3) is 6.08 Å². The van der Waals surface area contributed by atoms with Gasteiger partial charge in [0.15, 0.2) is 16.7 Å². The van der Waals surface area contributed by atoms with Gasteiger partial charge in [0.05, 0.1) is 34.4 Å². The number of aromatic carboxylic acids is 1. The smallest absolute Gasteiger partial charge is 0.335 e. The number of ether oxygens (including phenoxy) is 2. The number of carboxylic acid groups (broad SMARTS) is 1. The summed E-state index contributed by atoms with van der Waals surface area (Å²) in [4.78, 5) is 30.8. The first-order valence-corrected chi connectivity index (χ1v) is 12.8. The van der Waals surface area contributed by atoms with E-state index in [2.05, 4.69) is 11.1 Å². The van der Waals surface area contributed by atoms with Crippen LogP contribution in [0.15, 0.2) is 76.6 Å². The summed E-state index contributed by atoms with van der Waals surface area (Å²) in [6.45, 7) is 4.84. The molecule has 1 amide bonds. The topological polar surface area (TPSA) is 112 Å². The lowest BCUT2D eigenvalue weighted by Crippen LogP contribution is -2.28. The van der Waals surface area contributed by atoms with Crippen molar-refractivity contribution in [3.05, 3.63) is 93.9 Å². The van der Waals surface area contributed by atoms with Crippen molar-refractivity contribution in [2.24, 2.45) is 4.99 Å². The van der Waals surface area contributed by atoms with Crippen LogP contribution >= 0.6 is 11.8 Å². The van der Waals surface area contributed by atoms with Crippen molar-refractivity contribution in [2.45, 2.75) is 20.5 Å². The molecule has 0 aliphatic carbocycles. The predicted octanol–water partition coefficient (Wildman–Crippen LogP) is 5.86. The van der Waals surface area contributed by atoms with Gasteiger partial charge in [-0.15, -0.1) is 0 Å². The number of carbonyl (C=O) groups excluding carboxylic acids is 1. The van der Waals surface area contributed by atoms with Crippen LogP contribution in [-0.2, 0) is 11.4 Å². The number of amides is 1. The third-order valence-corrected chi connectivity index (χ3v) is 6.64. The van der Waals surface area contributed by atoms with Crippen LogP contribution < -0.4 is 9.47 Å². The minimum Gasteiger partial charge on any atom is -0.490 e. The molecule has 0 bridgehead atoms. The number of carboxylic acids is 1. The van der Waals surface area contributed by atoms with Gasteiger partial charge in [-0.2, -0.15) is 5.26 Å². The molecule has 9 heteroatoms. The largest absolute Gasteiger partial charge is 0.490 e. The summed E-state index contributed by atoms with van der Waals surface area (Å²) in [5.74, 6) is -0.101. The highest BCUT2D eigenvalue weighted by atomic mass is 32.2. The number of aliphatic imine (C=N–C) groups is 1. The van der Waals surface area contributed by atoms with Crippen LogP contribution in [0.3, 0.4) is 0 Å². The number of rotatable bonds is 9. The fourth-order valence-corrected chi connectivity index (χ4v) is 4.79. The van der Waals surface area contributed by atoms with E-state index in [9.17, 15) is 14.9 Å². The van der Waals surface area contributed by atoms with E-state index in [1.165, 1.54) is 23.9 Å². The van der Waals surface area contributed by atoms with E-state index in [1.807, 2.05) is 44.2 Å². The summed E-state index contributed by atoms with van der Waals surface area (Å²) < 4.78 is 11.8. The average Bonchev–Trinajstić information content (AvgIpc) is 3.22. The number of thioether (sulfide) groups is 1. The predicted molar refractivity (Wildman–Crippen MR) is 147 cm³/mol. The van der Waals surface area contributed by atoms with Crippen molar-refractivity contribution in [3.63, 3.8) is 0 Å². The van der Waals surface area contributed by atoms with Gasteiger partial charge in [0.2, 0.25) is 0 Å². The molecule has 0 aromatic heterocycles. The lowest BCUT2D eigenvalue weighted by Gasteiger charge is -2.13. The number of amidine groups is 1. The Morgan fingerprint density at radius 3 is 2.53 bits per heavy atom. The van der Waals surface area contributed by atoms with E-state index >= 15 is 0 Å². The van der Waals surface area contributed by atoms with Gasteiger partial charge in [-0.1, -0.05) is 24.3 Å². The normalized spacial score (nSPS) is 15.1. The van der Waals surface area contributed by atoms with E-state index in [0.717, 1.165) is 11.1 Å². The summed E-state index contributed by atoms with van der Waals surface area (Å²) in [6.07, 6.45) is 1.78. The summed E-state index contributed by atoms with van der Waals surface area (Å²) >= 11 is 1.26. The second kappa shape index (κ2) is 12.1. The van der Waals surface area contributed by atoms with E-state index < -0.39 is 5.97 Å². The molecule has 0 radical (unpaired) electrons. The summed E-state index contributed by atoms with van der Waals surface area (Å²) in [5.41, 5.74) is 2.82. The molecule has 1 saturated heterocycles. The zero-order valence-corrected chi connectivity index (χ0v) is 21.7. The van der Waals surface area contributed by atoms with Crippen LogP contribution in [0.2, 0.25) is 0 Å². The Morgan fingerprint density at radius 1 is 1.08 bits per heavy atom. The van der Waals surface area contributed by atoms with Crippen LogP contribution in [0.4, 0.5) is 5.69 Å². The van der Waals surface area contributed by atoms with Gasteiger partial charge < -0.3 is 14.6 Å². The van der Waals surface area contributed by atoms with Crippen molar-refractivity contribution in [1.82, 2.24) is 4.90 Å². The van der Waals surface area contributed by atoms with Crippen molar-refractivity contribution in [3.8, 4) is 17.6 Å². The maximum Gasteiger partial charge on any atom is 0.335 e. The first-order valence-electron chi connectivity index (χ1n) is 11.9. The molecule has 3 aromatic rings. The maximum atomic E-state index is 13.1. The Kier molecular flexibility index (Phi) is 8.46. The molecule has 0 atom stereocenters. The molecule has 0 saturated carbocycles. The summed E-state index contributed by atoms with van der Waals surface area (Å²) in [7, 11) is 0. The molecule has 1 aliphatic heterocycles. The molecule has 1 heterocycles. The van der Waals surface area contributed by atoms with Crippen molar-refractivity contribution in [1.29, 1.82) is 5.26 Å². The second-order valence-electron chi connectivity index (χ2n) is 8.10. The Bertz CT molecular complexity index is 1460. The molecule has 1 N–H and O–H groups in total. The molecular weight excluding hydrogens is 502 g/mol. The number of hydrogen-bond acceptors (Lipinski definition) is 7. The molecule has 8 nitrogen and oxygen atoms in total. The SMILES string of the molecule is CCOc1cc(C=C2SC(=Nc3ccc(C(=O)O)cc3)N(CC)C2=O)ccc1OCc1ccccc1C#N. The highest BCUT2D eigenvalue weighted by Crippen LogP contribution is 2.36. The van der Waals surface area contributed by atoms with Gasteiger partial charge in [-0.3, -0.25) is 9.69 Å². The maximum absolute atomic E-state index is 13.1. The monoisotopic (exact) mass is 527 g/mol. The van der Waals surface area contributed by atoms with Crippen LogP contribution in [0.5, 0.6) is 11.5 Å². The third kappa shape index (κ3) is 6.05. The number of nitrogens with zero attached hydrogens (tertiary/aromatic N) is 3. The Morgan fingerprint density at radius 2 is 1.84 bits per heavy atom. The Labute approximate surface area is 224 Å². The first-order chi connectivity index (χ1) is 18.4. The van der Waals surface area contributed by atoms with Gasteiger partial charge in [-0.05, 0) is 79.7 Å². The van der Waals surface area contributed by atoms with Gasteiger partial charge in [0.25, 0.3) is 5.91 Å². The van der Waals surface area contributed by atoms with Crippen LogP contribution in [-0.4, -0.2) is 40.2 Å². The molecule has 0 spiro atoms. The van der Waals surface area contributed by atoms with Gasteiger partial charge in [-0.25, -0.2) is 9.79 Å². The quantitative estimate of drug-likeness (QED) is 0.347. The fraction of sp³-hybridized carbons (Fsp3) is 0.172. The number of carbonyl (C=O) groups is 2. The van der Waals surface area contributed by atoms with Gasteiger partial charge in [0, 0.05) is 12.1 Å². The number of likely N-dealkylation sites (N-methyl/N-ethyl adjacent to an activating group) is 1. The lowest BCUT2D eigenvalue weighted by molar-refractivity contribution is -0.122. The van der Waals surface area contributed by atoms with Gasteiger partial charge >= 0.3 is 5.97 Å². The second-order valence-corrected chi connectivity index (χ2v) is 9.11.